The van der Waals surface area contributed by atoms with Crippen molar-refractivity contribution in [1.82, 2.24) is 15.1 Å². The number of rotatable bonds is 6. The molecule has 1 fully saturated rings. The molecule has 1 amide bonds. The van der Waals surface area contributed by atoms with Crippen molar-refractivity contribution in [3.8, 4) is 17.2 Å². The normalized spacial score (nSPS) is 16.8. The topological polar surface area (TPSA) is 86.6 Å². The number of methoxy groups -OCH3 is 3. The zero-order chi connectivity index (χ0) is 18.5. The fourth-order valence-corrected chi connectivity index (χ4v) is 3.07. The first-order valence-electron chi connectivity index (χ1n) is 8.53. The van der Waals surface area contributed by atoms with Crippen LogP contribution in [0.2, 0.25) is 0 Å². The highest BCUT2D eigenvalue weighted by Crippen LogP contribution is 2.40. The molecule has 26 heavy (non-hydrogen) atoms. The molecule has 0 radical (unpaired) electrons. The fraction of sp³-hybridized carbons (Fsp3) is 0.444. The Labute approximate surface area is 152 Å². The molecular weight excluding hydrogens is 336 g/mol. The van der Waals surface area contributed by atoms with Gasteiger partial charge in [-0.1, -0.05) is 0 Å². The van der Waals surface area contributed by atoms with Gasteiger partial charge in [0, 0.05) is 30.6 Å². The number of benzene rings is 1. The van der Waals surface area contributed by atoms with Gasteiger partial charge in [0.1, 0.15) is 0 Å². The zero-order valence-corrected chi connectivity index (χ0v) is 15.2. The quantitative estimate of drug-likeness (QED) is 0.820. The molecule has 1 atom stereocenters. The minimum absolute atomic E-state index is 0.284. The Hall–Kier alpha value is -2.74. The van der Waals surface area contributed by atoms with Crippen molar-refractivity contribution in [3.05, 3.63) is 30.1 Å². The highest BCUT2D eigenvalue weighted by Gasteiger charge is 2.19. The second-order valence-corrected chi connectivity index (χ2v) is 6.05. The van der Waals surface area contributed by atoms with E-state index < -0.39 is 0 Å². The van der Waals surface area contributed by atoms with Gasteiger partial charge >= 0.3 is 0 Å². The summed E-state index contributed by atoms with van der Waals surface area (Å²) in [5, 5.41) is 10.6. The molecule has 2 heterocycles. The largest absolute Gasteiger partial charge is 0.493 e. The zero-order valence-electron chi connectivity index (χ0n) is 15.2. The Kier molecular flexibility index (Phi) is 5.62. The number of amides is 1. The van der Waals surface area contributed by atoms with Gasteiger partial charge in [0.2, 0.25) is 5.75 Å². The van der Waals surface area contributed by atoms with Crippen LogP contribution in [-0.2, 0) is 0 Å². The third-order valence-corrected chi connectivity index (χ3v) is 4.41. The summed E-state index contributed by atoms with van der Waals surface area (Å²) in [6.45, 7) is 1.90. The smallest absolute Gasteiger partial charge is 0.276 e. The minimum atomic E-state index is -0.290. The molecule has 0 spiro atoms. The number of anilines is 1. The van der Waals surface area contributed by atoms with E-state index in [4.69, 9.17) is 14.2 Å². The van der Waals surface area contributed by atoms with Gasteiger partial charge in [-0.3, -0.25) is 9.48 Å². The van der Waals surface area contributed by atoms with Crippen LogP contribution in [0.1, 0.15) is 29.4 Å². The molecule has 8 heteroatoms. The average molecular weight is 360 g/mol. The average Bonchev–Trinajstić information content (AvgIpc) is 3.18. The van der Waals surface area contributed by atoms with Gasteiger partial charge < -0.3 is 24.8 Å². The molecule has 0 aliphatic carbocycles. The maximum Gasteiger partial charge on any atom is 0.276 e. The molecule has 1 aromatic carbocycles. The summed E-state index contributed by atoms with van der Waals surface area (Å²) in [6.07, 6.45) is 4.02. The fourth-order valence-electron chi connectivity index (χ4n) is 3.07. The van der Waals surface area contributed by atoms with Gasteiger partial charge in [-0.25, -0.2) is 0 Å². The summed E-state index contributed by atoms with van der Waals surface area (Å²) in [5.41, 5.74) is 0.905. The van der Waals surface area contributed by atoms with E-state index in [9.17, 15) is 4.79 Å². The molecule has 1 unspecified atom stereocenters. The summed E-state index contributed by atoms with van der Waals surface area (Å²) >= 11 is 0. The van der Waals surface area contributed by atoms with Crippen LogP contribution in [0.5, 0.6) is 17.2 Å². The molecule has 2 N–H and O–H groups in total. The van der Waals surface area contributed by atoms with Crippen LogP contribution in [0.4, 0.5) is 5.69 Å². The first kappa shape index (κ1) is 18.1. The van der Waals surface area contributed by atoms with E-state index in [-0.39, 0.29) is 11.9 Å². The van der Waals surface area contributed by atoms with Crippen LogP contribution in [0.25, 0.3) is 0 Å². The van der Waals surface area contributed by atoms with Crippen LogP contribution in [0.3, 0.4) is 0 Å². The molecule has 1 aliphatic heterocycles. The first-order valence-corrected chi connectivity index (χ1v) is 8.53. The Morgan fingerprint density at radius 1 is 1.23 bits per heavy atom. The molecule has 1 saturated heterocycles. The summed E-state index contributed by atoms with van der Waals surface area (Å²) in [6, 6.07) is 5.37. The van der Waals surface area contributed by atoms with Crippen molar-refractivity contribution in [3.63, 3.8) is 0 Å². The number of hydrogen-bond donors (Lipinski definition) is 2. The summed E-state index contributed by atoms with van der Waals surface area (Å²) in [4.78, 5) is 12.5. The van der Waals surface area contributed by atoms with E-state index >= 15 is 0 Å². The Morgan fingerprint density at radius 2 is 1.96 bits per heavy atom. The number of piperidine rings is 1. The SMILES string of the molecule is COc1cc(NC(=O)c2ccn(C3CCCNC3)n2)cc(OC)c1OC. The lowest BCUT2D eigenvalue weighted by atomic mass is 10.1. The predicted molar refractivity (Wildman–Crippen MR) is 97.4 cm³/mol. The molecule has 140 valence electrons. The lowest BCUT2D eigenvalue weighted by molar-refractivity contribution is 0.102. The molecule has 1 aromatic heterocycles. The van der Waals surface area contributed by atoms with Crippen LogP contribution in [0.15, 0.2) is 24.4 Å². The lowest BCUT2D eigenvalue weighted by Gasteiger charge is -2.22. The predicted octanol–water partition coefficient (Wildman–Crippen LogP) is 2.09. The van der Waals surface area contributed by atoms with Crippen molar-refractivity contribution >= 4 is 11.6 Å². The second kappa shape index (κ2) is 8.09. The van der Waals surface area contributed by atoms with Gasteiger partial charge in [0.05, 0.1) is 27.4 Å². The van der Waals surface area contributed by atoms with E-state index in [1.807, 2.05) is 10.9 Å². The summed E-state index contributed by atoms with van der Waals surface area (Å²) < 4.78 is 17.8. The molecular formula is C18H24N4O4. The molecule has 0 saturated carbocycles. The van der Waals surface area contributed by atoms with E-state index in [1.165, 1.54) is 21.3 Å². The molecule has 2 aromatic rings. The number of nitrogens with one attached hydrogen (secondary N) is 2. The van der Waals surface area contributed by atoms with Gasteiger partial charge in [0.15, 0.2) is 17.2 Å². The van der Waals surface area contributed by atoms with E-state index in [0.717, 1.165) is 25.9 Å². The van der Waals surface area contributed by atoms with Crippen molar-refractivity contribution in [2.45, 2.75) is 18.9 Å². The highest BCUT2D eigenvalue weighted by molar-refractivity contribution is 6.03. The van der Waals surface area contributed by atoms with Crippen molar-refractivity contribution in [2.24, 2.45) is 0 Å². The number of ether oxygens (including phenoxy) is 3. The van der Waals surface area contributed by atoms with Crippen LogP contribution in [-0.4, -0.2) is 50.1 Å². The lowest BCUT2D eigenvalue weighted by Crippen LogP contribution is -2.32. The van der Waals surface area contributed by atoms with E-state index in [0.29, 0.717) is 28.6 Å². The maximum absolute atomic E-state index is 12.5. The van der Waals surface area contributed by atoms with Gasteiger partial charge in [-0.05, 0) is 25.5 Å². The van der Waals surface area contributed by atoms with Gasteiger partial charge in [-0.15, -0.1) is 0 Å². The standard InChI is InChI=1S/C18H24N4O4/c1-24-15-9-12(10-16(25-2)17(15)26-3)20-18(23)14-6-8-22(21-14)13-5-4-7-19-11-13/h6,8-10,13,19H,4-5,7,11H2,1-3H3,(H,20,23). The number of aromatic nitrogens is 2. The molecule has 1 aliphatic rings. The highest BCUT2D eigenvalue weighted by atomic mass is 16.5. The third kappa shape index (κ3) is 3.75. The van der Waals surface area contributed by atoms with E-state index in [1.54, 1.807) is 18.2 Å². The van der Waals surface area contributed by atoms with Crippen molar-refractivity contribution < 1.29 is 19.0 Å². The number of nitrogens with zero attached hydrogens (tertiary/aromatic N) is 2. The Balaban J connectivity index is 1.76. The third-order valence-electron chi connectivity index (χ3n) is 4.41. The van der Waals surface area contributed by atoms with Gasteiger partial charge in [-0.2, -0.15) is 5.10 Å². The minimum Gasteiger partial charge on any atom is -0.493 e. The first-order chi connectivity index (χ1) is 12.7. The second-order valence-electron chi connectivity index (χ2n) is 6.05. The Morgan fingerprint density at radius 3 is 2.54 bits per heavy atom. The number of hydrogen-bond acceptors (Lipinski definition) is 6. The van der Waals surface area contributed by atoms with Crippen LogP contribution in [0, 0.1) is 0 Å². The molecule has 8 nitrogen and oxygen atoms in total. The maximum atomic E-state index is 12.5. The summed E-state index contributed by atoms with van der Waals surface area (Å²) in [7, 11) is 4.59. The van der Waals surface area contributed by atoms with Crippen LogP contribution < -0.4 is 24.8 Å². The summed E-state index contributed by atoms with van der Waals surface area (Å²) in [5.74, 6) is 1.13. The van der Waals surface area contributed by atoms with Crippen molar-refractivity contribution in [2.75, 3.05) is 39.7 Å². The molecule has 0 bridgehead atoms. The van der Waals surface area contributed by atoms with Crippen LogP contribution >= 0.6 is 0 Å². The Bertz CT molecular complexity index is 743. The van der Waals surface area contributed by atoms with E-state index in [2.05, 4.69) is 15.7 Å². The monoisotopic (exact) mass is 360 g/mol. The number of carbonyl (C=O) groups is 1. The van der Waals surface area contributed by atoms with Gasteiger partial charge in [0.25, 0.3) is 5.91 Å². The van der Waals surface area contributed by atoms with Crippen molar-refractivity contribution in [1.29, 1.82) is 0 Å². The molecule has 3 rings (SSSR count). The number of carbonyl (C=O) groups excluding carboxylic acids is 1.